The average Bonchev–Trinajstić information content (AvgIpc) is 3.03. The number of nitrogens with zero attached hydrogens (tertiary/aromatic N) is 2. The highest BCUT2D eigenvalue weighted by molar-refractivity contribution is 6.21. The third-order valence-electron chi connectivity index (χ3n) is 4.60. The lowest BCUT2D eigenvalue weighted by Crippen LogP contribution is -2.42. The van der Waals surface area contributed by atoms with Crippen LogP contribution < -0.4 is 10.9 Å². The number of hydrazine groups is 1. The topological polar surface area (TPSA) is 108 Å². The van der Waals surface area contributed by atoms with E-state index >= 15 is 0 Å². The Morgan fingerprint density at radius 3 is 2.13 bits per heavy atom. The molecule has 1 aliphatic rings. The fourth-order valence-electron chi connectivity index (χ4n) is 3.12. The first-order valence-corrected chi connectivity index (χ1v) is 9.10. The van der Waals surface area contributed by atoms with Crippen LogP contribution in [0.4, 0.5) is 0 Å². The molecule has 8 nitrogen and oxygen atoms in total. The van der Waals surface area contributed by atoms with Gasteiger partial charge in [-0.05, 0) is 42.0 Å². The Morgan fingerprint density at radius 1 is 0.800 bits per heavy atom. The highest BCUT2D eigenvalue weighted by atomic mass is 16.2. The van der Waals surface area contributed by atoms with E-state index in [0.29, 0.717) is 16.7 Å². The van der Waals surface area contributed by atoms with Crippen molar-refractivity contribution in [3.8, 4) is 0 Å². The summed E-state index contributed by atoms with van der Waals surface area (Å²) < 4.78 is 0. The maximum atomic E-state index is 12.5. The SMILES string of the molecule is O=C(NNC(=O)c1ccccn1)c1cccc(CN2C(=O)c3ccccc3C2=O)c1. The number of nitrogens with one attached hydrogen (secondary N) is 2. The van der Waals surface area contributed by atoms with Crippen LogP contribution in [0.5, 0.6) is 0 Å². The summed E-state index contributed by atoms with van der Waals surface area (Å²) in [7, 11) is 0. The van der Waals surface area contributed by atoms with Gasteiger partial charge in [0.1, 0.15) is 5.69 Å². The Bertz CT molecular complexity index is 1130. The second kappa shape index (κ2) is 7.96. The Morgan fingerprint density at radius 2 is 1.47 bits per heavy atom. The molecule has 0 saturated carbocycles. The molecule has 0 aliphatic carbocycles. The zero-order chi connectivity index (χ0) is 21.1. The molecule has 0 bridgehead atoms. The zero-order valence-corrected chi connectivity index (χ0v) is 15.7. The van der Waals surface area contributed by atoms with Crippen molar-refractivity contribution in [1.82, 2.24) is 20.7 Å². The van der Waals surface area contributed by atoms with Crippen molar-refractivity contribution in [2.75, 3.05) is 0 Å². The molecule has 1 aliphatic heterocycles. The summed E-state index contributed by atoms with van der Waals surface area (Å²) in [6, 6.07) is 18.0. The predicted molar refractivity (Wildman–Crippen MR) is 106 cm³/mol. The van der Waals surface area contributed by atoms with Gasteiger partial charge in [-0.15, -0.1) is 0 Å². The maximum Gasteiger partial charge on any atom is 0.288 e. The third-order valence-corrected chi connectivity index (χ3v) is 4.60. The lowest BCUT2D eigenvalue weighted by Gasteiger charge is -2.14. The van der Waals surface area contributed by atoms with E-state index in [4.69, 9.17) is 0 Å². The van der Waals surface area contributed by atoms with Crippen LogP contribution in [0.1, 0.15) is 47.1 Å². The predicted octanol–water partition coefficient (Wildman–Crippen LogP) is 1.95. The van der Waals surface area contributed by atoms with Gasteiger partial charge in [-0.2, -0.15) is 0 Å². The second-order valence-electron chi connectivity index (χ2n) is 6.57. The van der Waals surface area contributed by atoms with Crippen LogP contribution in [0.2, 0.25) is 0 Å². The first-order valence-electron chi connectivity index (χ1n) is 9.10. The Balaban J connectivity index is 1.43. The van der Waals surface area contributed by atoms with E-state index < -0.39 is 11.8 Å². The molecule has 148 valence electrons. The number of aromatic nitrogens is 1. The van der Waals surface area contributed by atoms with Crippen LogP contribution in [0.3, 0.4) is 0 Å². The van der Waals surface area contributed by atoms with Crippen molar-refractivity contribution < 1.29 is 19.2 Å². The molecule has 2 N–H and O–H groups in total. The molecule has 0 atom stereocenters. The van der Waals surface area contributed by atoms with Crippen LogP contribution in [-0.4, -0.2) is 33.5 Å². The smallest absolute Gasteiger partial charge is 0.270 e. The molecule has 3 aromatic rings. The number of carbonyl (C=O) groups is 4. The van der Waals surface area contributed by atoms with E-state index in [0.717, 1.165) is 4.90 Å². The molecule has 0 unspecified atom stereocenters. The first-order chi connectivity index (χ1) is 14.5. The lowest BCUT2D eigenvalue weighted by atomic mass is 10.1. The minimum absolute atomic E-state index is 0.0355. The quantitative estimate of drug-likeness (QED) is 0.514. The highest BCUT2D eigenvalue weighted by Gasteiger charge is 2.34. The first kappa shape index (κ1) is 19.0. The standard InChI is InChI=1S/C22H16N4O4/c27-19(24-25-20(28)18-10-3-4-11-23-18)15-7-5-6-14(12-15)13-26-21(29)16-8-1-2-9-17(16)22(26)30/h1-12H,13H2,(H,24,27)(H,25,28). The van der Waals surface area contributed by atoms with Gasteiger partial charge in [-0.1, -0.05) is 30.3 Å². The molecule has 8 heteroatoms. The van der Waals surface area contributed by atoms with E-state index in [1.54, 1.807) is 60.7 Å². The van der Waals surface area contributed by atoms with E-state index in [-0.39, 0.29) is 29.6 Å². The summed E-state index contributed by atoms with van der Waals surface area (Å²) in [4.78, 5) is 54.4. The third kappa shape index (κ3) is 3.66. The highest BCUT2D eigenvalue weighted by Crippen LogP contribution is 2.24. The molecule has 0 radical (unpaired) electrons. The summed E-state index contributed by atoms with van der Waals surface area (Å²) in [6.07, 6.45) is 1.47. The van der Waals surface area contributed by atoms with Gasteiger partial charge >= 0.3 is 0 Å². The van der Waals surface area contributed by atoms with Gasteiger partial charge in [0.15, 0.2) is 0 Å². The number of imide groups is 1. The molecular formula is C22H16N4O4. The summed E-state index contributed by atoms with van der Waals surface area (Å²) in [6.45, 7) is 0.0355. The normalized spacial score (nSPS) is 12.5. The monoisotopic (exact) mass is 400 g/mol. The van der Waals surface area contributed by atoms with Gasteiger partial charge in [-0.25, -0.2) is 0 Å². The van der Waals surface area contributed by atoms with Gasteiger partial charge < -0.3 is 0 Å². The maximum absolute atomic E-state index is 12.5. The van der Waals surface area contributed by atoms with Crippen LogP contribution in [0, 0.1) is 0 Å². The summed E-state index contributed by atoms with van der Waals surface area (Å²) >= 11 is 0. The van der Waals surface area contributed by atoms with Crippen molar-refractivity contribution in [2.24, 2.45) is 0 Å². The van der Waals surface area contributed by atoms with Gasteiger partial charge in [0.2, 0.25) is 0 Å². The Labute approximate surface area is 171 Å². The van der Waals surface area contributed by atoms with E-state index in [1.807, 2.05) is 0 Å². The van der Waals surface area contributed by atoms with Gasteiger partial charge in [-0.3, -0.25) is 39.9 Å². The number of pyridine rings is 1. The van der Waals surface area contributed by atoms with Crippen molar-refractivity contribution in [2.45, 2.75) is 6.54 Å². The number of hydrogen-bond donors (Lipinski definition) is 2. The van der Waals surface area contributed by atoms with Crippen LogP contribution in [0.25, 0.3) is 0 Å². The van der Waals surface area contributed by atoms with Gasteiger partial charge in [0, 0.05) is 11.8 Å². The van der Waals surface area contributed by atoms with Gasteiger partial charge in [0.05, 0.1) is 17.7 Å². The van der Waals surface area contributed by atoms with Gasteiger partial charge in [0.25, 0.3) is 23.6 Å². The van der Waals surface area contributed by atoms with Crippen molar-refractivity contribution >= 4 is 23.6 Å². The lowest BCUT2D eigenvalue weighted by molar-refractivity contribution is 0.0642. The average molecular weight is 400 g/mol. The molecule has 0 saturated heterocycles. The number of hydrogen-bond acceptors (Lipinski definition) is 5. The number of carbonyl (C=O) groups excluding carboxylic acids is 4. The summed E-state index contributed by atoms with van der Waals surface area (Å²) in [5.41, 5.74) is 6.40. The minimum atomic E-state index is -0.550. The Kier molecular flexibility index (Phi) is 5.04. The van der Waals surface area contributed by atoms with E-state index in [2.05, 4.69) is 15.8 Å². The molecule has 4 rings (SSSR count). The number of rotatable bonds is 4. The number of fused-ring (bicyclic) bond motifs is 1. The van der Waals surface area contributed by atoms with Crippen LogP contribution in [-0.2, 0) is 6.54 Å². The molecule has 2 heterocycles. The van der Waals surface area contributed by atoms with Crippen molar-refractivity contribution in [1.29, 1.82) is 0 Å². The number of amides is 4. The fourth-order valence-corrected chi connectivity index (χ4v) is 3.12. The summed E-state index contributed by atoms with van der Waals surface area (Å²) in [5, 5.41) is 0. The second-order valence-corrected chi connectivity index (χ2v) is 6.57. The molecule has 2 aromatic carbocycles. The van der Waals surface area contributed by atoms with Crippen molar-refractivity contribution in [3.05, 3.63) is 101 Å². The minimum Gasteiger partial charge on any atom is -0.270 e. The van der Waals surface area contributed by atoms with Crippen molar-refractivity contribution in [3.63, 3.8) is 0 Å². The molecular weight excluding hydrogens is 384 g/mol. The fraction of sp³-hybridized carbons (Fsp3) is 0.0455. The number of benzene rings is 2. The largest absolute Gasteiger partial charge is 0.288 e. The van der Waals surface area contributed by atoms with E-state index in [9.17, 15) is 19.2 Å². The summed E-state index contributed by atoms with van der Waals surface area (Å²) in [5.74, 6) is -1.82. The molecule has 1 aromatic heterocycles. The molecule has 30 heavy (non-hydrogen) atoms. The van der Waals surface area contributed by atoms with Crippen LogP contribution >= 0.6 is 0 Å². The van der Waals surface area contributed by atoms with Crippen LogP contribution in [0.15, 0.2) is 72.9 Å². The molecule has 4 amide bonds. The molecule has 0 fully saturated rings. The zero-order valence-electron chi connectivity index (χ0n) is 15.7. The Hall–Kier alpha value is -4.33. The van der Waals surface area contributed by atoms with E-state index in [1.165, 1.54) is 12.3 Å². The molecule has 0 spiro atoms.